The first-order valence-corrected chi connectivity index (χ1v) is 5.72. The molecule has 0 amide bonds. The predicted molar refractivity (Wildman–Crippen MR) is 60.3 cm³/mol. The average Bonchev–Trinajstić information content (AvgIpc) is 2.81. The van der Waals surface area contributed by atoms with E-state index in [0.717, 1.165) is 12.8 Å². The molecule has 0 atom stereocenters. The number of carbonyl (C=O) groups is 1. The number of benzene rings is 1. The second kappa shape index (κ2) is 5.66. The zero-order chi connectivity index (χ0) is 11.2. The fourth-order valence-corrected chi connectivity index (χ4v) is 1.89. The zero-order valence-electron chi connectivity index (χ0n) is 9.22. The van der Waals surface area contributed by atoms with Crippen molar-refractivity contribution in [2.24, 2.45) is 0 Å². The van der Waals surface area contributed by atoms with Gasteiger partial charge in [0.1, 0.15) is 12.4 Å². The molecule has 0 spiro atoms. The van der Waals surface area contributed by atoms with Gasteiger partial charge in [-0.15, -0.1) is 0 Å². The molecule has 1 saturated carbocycles. The van der Waals surface area contributed by atoms with Crippen LogP contribution in [0.5, 0.6) is 5.75 Å². The normalized spacial score (nSPS) is 16.2. The third kappa shape index (κ3) is 3.35. The molecule has 86 valence electrons. The first-order valence-electron chi connectivity index (χ1n) is 5.72. The smallest absolute Gasteiger partial charge is 0.337 e. The van der Waals surface area contributed by atoms with Gasteiger partial charge in [-0.1, -0.05) is 31.0 Å². The molecule has 1 aromatic rings. The molecule has 0 radical (unpaired) electrons. The van der Waals surface area contributed by atoms with Crippen LogP contribution in [0.4, 0.5) is 0 Å². The molecule has 0 bridgehead atoms. The van der Waals surface area contributed by atoms with Gasteiger partial charge in [0.25, 0.3) is 0 Å². The fraction of sp³-hybridized carbons (Fsp3) is 0.462. The highest BCUT2D eigenvalue weighted by atomic mass is 16.6. The molecule has 1 aliphatic carbocycles. The lowest BCUT2D eigenvalue weighted by molar-refractivity contribution is -0.141. The summed E-state index contributed by atoms with van der Waals surface area (Å²) in [5, 5.41) is 0. The van der Waals surface area contributed by atoms with Crippen molar-refractivity contribution in [2.45, 2.75) is 31.8 Å². The maximum Gasteiger partial charge on any atom is 0.337 e. The molecule has 1 aromatic carbocycles. The lowest BCUT2D eigenvalue weighted by Gasteiger charge is -2.10. The van der Waals surface area contributed by atoms with Crippen molar-refractivity contribution in [3.8, 4) is 5.75 Å². The lowest BCUT2D eigenvalue weighted by Crippen LogP contribution is -2.19. The standard InChI is InChI=1S/C13H16O3/c14-13(10-15-11-6-4-5-7-11)16-12-8-2-1-3-9-12/h1-3,8-9,11H,4-7,10H2. The Hall–Kier alpha value is -1.35. The number of ether oxygens (including phenoxy) is 2. The van der Waals surface area contributed by atoms with E-state index in [2.05, 4.69) is 0 Å². The van der Waals surface area contributed by atoms with Crippen LogP contribution < -0.4 is 4.74 Å². The van der Waals surface area contributed by atoms with E-state index in [1.807, 2.05) is 18.2 Å². The van der Waals surface area contributed by atoms with Crippen molar-refractivity contribution < 1.29 is 14.3 Å². The molecule has 1 fully saturated rings. The molecular formula is C13H16O3. The van der Waals surface area contributed by atoms with Gasteiger partial charge in [-0.25, -0.2) is 4.79 Å². The van der Waals surface area contributed by atoms with E-state index < -0.39 is 0 Å². The Kier molecular flexibility index (Phi) is 3.94. The molecule has 0 saturated heterocycles. The largest absolute Gasteiger partial charge is 0.425 e. The molecule has 0 N–H and O–H groups in total. The first-order chi connectivity index (χ1) is 7.84. The molecule has 16 heavy (non-hydrogen) atoms. The molecule has 0 heterocycles. The van der Waals surface area contributed by atoms with Gasteiger partial charge < -0.3 is 9.47 Å². The van der Waals surface area contributed by atoms with Gasteiger partial charge in [-0.05, 0) is 25.0 Å². The number of carbonyl (C=O) groups excluding carboxylic acids is 1. The number of para-hydroxylation sites is 1. The Morgan fingerprint density at radius 1 is 1.19 bits per heavy atom. The molecular weight excluding hydrogens is 204 g/mol. The van der Waals surface area contributed by atoms with Crippen molar-refractivity contribution in [3.63, 3.8) is 0 Å². The third-order valence-electron chi connectivity index (χ3n) is 2.71. The van der Waals surface area contributed by atoms with Crippen molar-refractivity contribution in [2.75, 3.05) is 6.61 Å². The van der Waals surface area contributed by atoms with Crippen LogP contribution in [0.2, 0.25) is 0 Å². The van der Waals surface area contributed by atoms with E-state index >= 15 is 0 Å². The van der Waals surface area contributed by atoms with Crippen molar-refractivity contribution in [3.05, 3.63) is 30.3 Å². The fourth-order valence-electron chi connectivity index (χ4n) is 1.89. The van der Waals surface area contributed by atoms with Crippen LogP contribution in [0.1, 0.15) is 25.7 Å². The Bertz CT molecular complexity index is 328. The van der Waals surface area contributed by atoms with Gasteiger partial charge in [-0.3, -0.25) is 0 Å². The van der Waals surface area contributed by atoms with E-state index in [1.165, 1.54) is 12.8 Å². The predicted octanol–water partition coefficient (Wildman–Crippen LogP) is 2.55. The molecule has 2 rings (SSSR count). The summed E-state index contributed by atoms with van der Waals surface area (Å²) in [7, 11) is 0. The van der Waals surface area contributed by atoms with Gasteiger partial charge in [0.15, 0.2) is 0 Å². The number of esters is 1. The quantitative estimate of drug-likeness (QED) is 0.578. The lowest BCUT2D eigenvalue weighted by atomic mass is 10.3. The van der Waals surface area contributed by atoms with E-state index in [4.69, 9.17) is 9.47 Å². The molecule has 3 nitrogen and oxygen atoms in total. The van der Waals surface area contributed by atoms with Crippen LogP contribution in [0.15, 0.2) is 30.3 Å². The third-order valence-corrected chi connectivity index (χ3v) is 2.71. The maximum absolute atomic E-state index is 11.4. The van der Waals surface area contributed by atoms with Crippen LogP contribution in [-0.2, 0) is 9.53 Å². The van der Waals surface area contributed by atoms with Crippen LogP contribution in [0, 0.1) is 0 Å². The number of hydrogen-bond acceptors (Lipinski definition) is 3. The van der Waals surface area contributed by atoms with E-state index in [-0.39, 0.29) is 18.7 Å². The monoisotopic (exact) mass is 220 g/mol. The van der Waals surface area contributed by atoms with E-state index in [0.29, 0.717) is 5.75 Å². The maximum atomic E-state index is 11.4. The van der Waals surface area contributed by atoms with Crippen molar-refractivity contribution in [1.82, 2.24) is 0 Å². The number of rotatable bonds is 4. The topological polar surface area (TPSA) is 35.5 Å². The highest BCUT2D eigenvalue weighted by molar-refractivity contribution is 5.73. The summed E-state index contributed by atoms with van der Waals surface area (Å²) >= 11 is 0. The number of hydrogen-bond donors (Lipinski definition) is 0. The average molecular weight is 220 g/mol. The van der Waals surface area contributed by atoms with Crippen molar-refractivity contribution in [1.29, 1.82) is 0 Å². The summed E-state index contributed by atoms with van der Waals surface area (Å²) in [5.74, 6) is 0.251. The second-order valence-corrected chi connectivity index (χ2v) is 4.00. The highest BCUT2D eigenvalue weighted by Crippen LogP contribution is 2.20. The minimum atomic E-state index is -0.321. The van der Waals surface area contributed by atoms with Gasteiger partial charge in [-0.2, -0.15) is 0 Å². The molecule has 0 aliphatic heterocycles. The van der Waals surface area contributed by atoms with E-state index in [9.17, 15) is 4.79 Å². The minimum absolute atomic E-state index is 0.0551. The Morgan fingerprint density at radius 2 is 1.88 bits per heavy atom. The Labute approximate surface area is 95.4 Å². The van der Waals surface area contributed by atoms with Crippen LogP contribution in [0.25, 0.3) is 0 Å². The zero-order valence-corrected chi connectivity index (χ0v) is 9.22. The summed E-state index contributed by atoms with van der Waals surface area (Å²) in [5.41, 5.74) is 0. The molecule has 0 unspecified atom stereocenters. The first kappa shape index (κ1) is 11.1. The van der Waals surface area contributed by atoms with Gasteiger partial charge in [0.05, 0.1) is 6.10 Å². The summed E-state index contributed by atoms with van der Waals surface area (Å²) in [6.45, 7) is 0.0551. The summed E-state index contributed by atoms with van der Waals surface area (Å²) < 4.78 is 10.6. The van der Waals surface area contributed by atoms with Crippen molar-refractivity contribution >= 4 is 5.97 Å². The Morgan fingerprint density at radius 3 is 2.56 bits per heavy atom. The van der Waals surface area contributed by atoms with Gasteiger partial charge >= 0.3 is 5.97 Å². The SMILES string of the molecule is O=C(COC1CCCC1)Oc1ccccc1. The summed E-state index contributed by atoms with van der Waals surface area (Å²) in [6, 6.07) is 9.06. The van der Waals surface area contributed by atoms with Crippen LogP contribution in [0.3, 0.4) is 0 Å². The Balaban J connectivity index is 1.72. The second-order valence-electron chi connectivity index (χ2n) is 4.00. The van der Waals surface area contributed by atoms with Gasteiger partial charge in [0, 0.05) is 0 Å². The molecule has 1 aliphatic rings. The minimum Gasteiger partial charge on any atom is -0.425 e. The highest BCUT2D eigenvalue weighted by Gasteiger charge is 2.17. The summed E-state index contributed by atoms with van der Waals surface area (Å²) in [4.78, 5) is 11.4. The van der Waals surface area contributed by atoms with Gasteiger partial charge in [0.2, 0.25) is 0 Å². The van der Waals surface area contributed by atoms with E-state index in [1.54, 1.807) is 12.1 Å². The summed E-state index contributed by atoms with van der Waals surface area (Å²) in [6.07, 6.45) is 4.80. The van der Waals surface area contributed by atoms with Crippen LogP contribution in [-0.4, -0.2) is 18.7 Å². The molecule has 3 heteroatoms. The van der Waals surface area contributed by atoms with Crippen LogP contribution >= 0.6 is 0 Å². The molecule has 0 aromatic heterocycles.